The van der Waals surface area contributed by atoms with Gasteiger partial charge in [0.2, 0.25) is 15.9 Å². The lowest BCUT2D eigenvalue weighted by molar-refractivity contribution is -0.138. The van der Waals surface area contributed by atoms with E-state index < -0.39 is 16.1 Å². The molecule has 1 aromatic carbocycles. The number of nitrogens with zero attached hydrogens (tertiary/aromatic N) is 3. The minimum absolute atomic E-state index is 0. The largest absolute Gasteiger partial charge is 0.465 e. The topological polar surface area (TPSA) is 162 Å². The molecule has 1 saturated carbocycles. The average molecular weight is 680 g/mol. The highest BCUT2D eigenvalue weighted by molar-refractivity contribution is 7.88. The number of rotatable bonds is 7. The Kier molecular flexibility index (Phi) is 12.2. The summed E-state index contributed by atoms with van der Waals surface area (Å²) in [7, 11) is -3.21. The Labute approximate surface area is 270 Å². The van der Waals surface area contributed by atoms with Crippen molar-refractivity contribution >= 4 is 64.1 Å². The maximum Gasteiger partial charge on any atom is 0.409 e. The molecule has 0 unspecified atom stereocenters. The third-order valence-corrected chi connectivity index (χ3v) is 10.8. The number of carbonyl (C=O) groups excluding carboxylic acids is 1. The number of halogens is 3. The van der Waals surface area contributed by atoms with Crippen molar-refractivity contribution in [3.05, 3.63) is 35.2 Å². The van der Waals surface area contributed by atoms with Crippen LogP contribution in [-0.4, -0.2) is 77.1 Å². The number of H-pyrrole nitrogens is 1. The number of anilines is 1. The Bertz CT molecular complexity index is 1360. The van der Waals surface area contributed by atoms with Gasteiger partial charge in [0.25, 0.3) is 0 Å². The van der Waals surface area contributed by atoms with Gasteiger partial charge in [-0.25, -0.2) is 22.5 Å². The fourth-order valence-electron chi connectivity index (χ4n) is 6.83. The van der Waals surface area contributed by atoms with Crippen molar-refractivity contribution in [1.82, 2.24) is 19.2 Å². The number of hydrogen-bond acceptors (Lipinski definition) is 6. The van der Waals surface area contributed by atoms with E-state index in [4.69, 9.17) is 22.4 Å². The first-order valence-corrected chi connectivity index (χ1v) is 16.6. The van der Waals surface area contributed by atoms with Gasteiger partial charge in [0, 0.05) is 36.8 Å². The van der Waals surface area contributed by atoms with Crippen molar-refractivity contribution in [3.63, 3.8) is 0 Å². The first kappa shape index (κ1) is 35.4. The van der Waals surface area contributed by atoms with Crippen LogP contribution in [0.5, 0.6) is 0 Å². The molecule has 1 aromatic heterocycles. The zero-order chi connectivity index (χ0) is 29.3. The van der Waals surface area contributed by atoms with Crippen LogP contribution in [0.3, 0.4) is 0 Å². The number of benzene rings is 1. The minimum atomic E-state index is -3.21. The van der Waals surface area contributed by atoms with Crippen molar-refractivity contribution in [2.75, 3.05) is 37.8 Å². The molecule has 3 fully saturated rings. The van der Waals surface area contributed by atoms with Gasteiger partial charge in [0.05, 0.1) is 18.0 Å². The number of imidazole rings is 1. The quantitative estimate of drug-likeness (QED) is 0.321. The average Bonchev–Trinajstić information content (AvgIpc) is 3.56. The van der Waals surface area contributed by atoms with Crippen LogP contribution in [-0.2, 0) is 14.8 Å². The van der Waals surface area contributed by atoms with Gasteiger partial charge in [-0.3, -0.25) is 10.1 Å². The second-order valence-electron chi connectivity index (χ2n) is 11.8. The molecule has 0 bridgehead atoms. The minimum Gasteiger partial charge on any atom is -0.465 e. The van der Waals surface area contributed by atoms with Gasteiger partial charge in [-0.05, 0) is 81.4 Å². The Balaban J connectivity index is 0.00000253. The standard InChI is InChI=1S/C28H39ClN6O5S.2ClH/c1-41(39,40)34-12-10-18(11-13-34)21-14-23(35(16-21)27(36)20-4-2-17(15-30)3-5-20)26-32-24(25(29)33-26)19-6-8-22(9-7-19)31-28(37)38;;/h6-9,17-18,20-21,23,31H,2-5,10-16,30H2,1H3,(H,32,33)(H,37,38);2*1H/t17-,20+,21-,23-;;/m0../s1. The molecule has 11 nitrogen and oxygen atoms in total. The van der Waals surface area contributed by atoms with E-state index in [-0.39, 0.29) is 48.6 Å². The molecule has 2 saturated heterocycles. The Morgan fingerprint density at radius 1 is 1.07 bits per heavy atom. The molecule has 0 spiro atoms. The van der Waals surface area contributed by atoms with Crippen molar-refractivity contribution in [2.45, 2.75) is 51.0 Å². The Morgan fingerprint density at radius 3 is 2.26 bits per heavy atom. The lowest BCUT2D eigenvalue weighted by Crippen LogP contribution is -2.41. The summed E-state index contributed by atoms with van der Waals surface area (Å²) in [5.74, 6) is 1.78. The number of nitrogens with one attached hydrogen (secondary N) is 2. The summed E-state index contributed by atoms with van der Waals surface area (Å²) in [6.45, 7) is 2.28. The van der Waals surface area contributed by atoms with Crippen LogP contribution in [0.4, 0.5) is 10.5 Å². The Morgan fingerprint density at radius 2 is 1.70 bits per heavy atom. The monoisotopic (exact) mass is 678 g/mol. The smallest absolute Gasteiger partial charge is 0.409 e. The summed E-state index contributed by atoms with van der Waals surface area (Å²) < 4.78 is 25.6. The van der Waals surface area contributed by atoms with E-state index in [0.29, 0.717) is 60.4 Å². The summed E-state index contributed by atoms with van der Waals surface area (Å²) in [4.78, 5) is 34.9. The molecule has 2 aromatic rings. The van der Waals surface area contributed by atoms with Crippen molar-refractivity contribution in [1.29, 1.82) is 0 Å². The molecule has 5 N–H and O–H groups in total. The van der Waals surface area contributed by atoms with Crippen molar-refractivity contribution in [3.8, 4) is 11.3 Å². The fraction of sp³-hybridized carbons (Fsp3) is 0.607. The lowest BCUT2D eigenvalue weighted by atomic mass is 9.81. The second kappa shape index (κ2) is 14.8. The summed E-state index contributed by atoms with van der Waals surface area (Å²) in [6, 6.07) is 6.58. The number of aromatic amines is 1. The SMILES string of the molecule is CS(=O)(=O)N1CCC([C@H]2C[C@@H](c3nc(Cl)c(-c4ccc(NC(=O)O)cc4)[nH]3)N(C(=O)[C@H]3CC[C@@H](CN)CC3)C2)CC1.Cl.Cl. The summed E-state index contributed by atoms with van der Waals surface area (Å²) >= 11 is 6.60. The maximum absolute atomic E-state index is 14.0. The van der Waals surface area contributed by atoms with E-state index in [1.54, 1.807) is 28.6 Å². The van der Waals surface area contributed by atoms with Gasteiger partial charge in [-0.1, -0.05) is 23.7 Å². The molecule has 2 aliphatic heterocycles. The van der Waals surface area contributed by atoms with Crippen LogP contribution in [0.2, 0.25) is 5.15 Å². The van der Waals surface area contributed by atoms with Crippen molar-refractivity contribution < 1.29 is 23.1 Å². The first-order chi connectivity index (χ1) is 19.5. The third-order valence-electron chi connectivity index (χ3n) is 9.20. The van der Waals surface area contributed by atoms with E-state index in [1.165, 1.54) is 6.26 Å². The van der Waals surface area contributed by atoms with E-state index in [9.17, 15) is 18.0 Å². The molecule has 1 aliphatic carbocycles. The van der Waals surface area contributed by atoms with E-state index in [1.807, 2.05) is 4.90 Å². The van der Waals surface area contributed by atoms with E-state index in [2.05, 4.69) is 15.3 Å². The van der Waals surface area contributed by atoms with Gasteiger partial charge in [-0.15, -0.1) is 24.8 Å². The van der Waals surface area contributed by atoms with E-state index in [0.717, 1.165) is 50.5 Å². The predicted octanol–water partition coefficient (Wildman–Crippen LogP) is 4.99. The number of sulfonamides is 1. The first-order valence-electron chi connectivity index (χ1n) is 14.3. The molecule has 3 aliphatic rings. The van der Waals surface area contributed by atoms with Crippen LogP contribution in [0, 0.1) is 23.7 Å². The van der Waals surface area contributed by atoms with Crippen LogP contribution >= 0.6 is 36.4 Å². The van der Waals surface area contributed by atoms with Crippen LogP contribution in [0.1, 0.15) is 56.8 Å². The molecule has 5 rings (SSSR count). The summed E-state index contributed by atoms with van der Waals surface area (Å²) in [5.41, 5.74) is 7.70. The van der Waals surface area contributed by atoms with Gasteiger partial charge in [-0.2, -0.15) is 0 Å². The zero-order valence-corrected chi connectivity index (χ0v) is 27.3. The van der Waals surface area contributed by atoms with Crippen LogP contribution in [0.25, 0.3) is 11.3 Å². The zero-order valence-electron chi connectivity index (χ0n) is 24.1. The second-order valence-corrected chi connectivity index (χ2v) is 14.1. The fourth-order valence-corrected chi connectivity index (χ4v) is 7.95. The molecule has 15 heteroatoms. The number of likely N-dealkylation sites (tertiary alicyclic amines) is 1. The highest BCUT2D eigenvalue weighted by Gasteiger charge is 2.44. The van der Waals surface area contributed by atoms with Crippen LogP contribution < -0.4 is 11.1 Å². The molecule has 240 valence electrons. The van der Waals surface area contributed by atoms with Gasteiger partial charge in [0.1, 0.15) is 5.82 Å². The molecule has 2 amide bonds. The summed E-state index contributed by atoms with van der Waals surface area (Å²) in [5, 5.41) is 11.6. The highest BCUT2D eigenvalue weighted by Crippen LogP contribution is 2.44. The molecule has 0 radical (unpaired) electrons. The lowest BCUT2D eigenvalue weighted by Gasteiger charge is -2.34. The maximum atomic E-state index is 14.0. The van der Waals surface area contributed by atoms with Crippen molar-refractivity contribution in [2.24, 2.45) is 29.4 Å². The number of nitrogens with two attached hydrogens (primary N) is 1. The Hall–Kier alpha value is -2.09. The number of hydrogen-bond donors (Lipinski definition) is 4. The van der Waals surface area contributed by atoms with E-state index >= 15 is 0 Å². The number of amides is 2. The molecular formula is C28H41Cl3N6O5S. The van der Waals surface area contributed by atoms with Gasteiger partial charge < -0.3 is 20.7 Å². The normalized spacial score (nSPS) is 25.0. The van der Waals surface area contributed by atoms with Gasteiger partial charge in [0.15, 0.2) is 5.15 Å². The molecule has 3 heterocycles. The molecule has 43 heavy (non-hydrogen) atoms. The predicted molar refractivity (Wildman–Crippen MR) is 171 cm³/mol. The van der Waals surface area contributed by atoms with Crippen LogP contribution in [0.15, 0.2) is 24.3 Å². The number of aromatic nitrogens is 2. The molecule has 2 atom stereocenters. The third kappa shape index (κ3) is 8.15. The summed E-state index contributed by atoms with van der Waals surface area (Å²) in [6.07, 6.45) is 5.99. The molecular weight excluding hydrogens is 639 g/mol. The number of carbonyl (C=O) groups is 2. The highest BCUT2D eigenvalue weighted by atomic mass is 35.5. The number of piperidine rings is 1. The van der Waals surface area contributed by atoms with Gasteiger partial charge >= 0.3 is 6.09 Å². The number of carboxylic acid groups (broad SMARTS) is 1.